The van der Waals surface area contributed by atoms with Gasteiger partial charge in [-0.3, -0.25) is 4.79 Å². The quantitative estimate of drug-likeness (QED) is 0.900. The van der Waals surface area contributed by atoms with Crippen molar-refractivity contribution >= 4 is 21.9 Å². The van der Waals surface area contributed by atoms with Gasteiger partial charge in [0, 0.05) is 17.6 Å². The molecule has 0 saturated heterocycles. The van der Waals surface area contributed by atoms with Gasteiger partial charge in [-0.2, -0.15) is 0 Å². The molecule has 0 atom stereocenters. The third-order valence-corrected chi connectivity index (χ3v) is 4.76. The van der Waals surface area contributed by atoms with Crippen LogP contribution in [0.1, 0.15) is 31.2 Å². The summed E-state index contributed by atoms with van der Waals surface area (Å²) in [4.78, 5) is 13.7. The summed E-state index contributed by atoms with van der Waals surface area (Å²) in [6.07, 6.45) is 3.69. The standard InChI is InChI=1S/C15H20BrNO2/c1-17(10-12-6-2-3-7-13(12)16)11-15(14(18)19)8-4-5-9-15/h2-3,6-7H,4-5,8-11H2,1H3,(H,18,19). The first-order valence-corrected chi connectivity index (χ1v) is 7.48. The first kappa shape index (κ1) is 14.5. The molecule has 104 valence electrons. The van der Waals surface area contributed by atoms with Crippen molar-refractivity contribution in [2.24, 2.45) is 5.41 Å². The Balaban J connectivity index is 2.03. The highest BCUT2D eigenvalue weighted by molar-refractivity contribution is 9.10. The summed E-state index contributed by atoms with van der Waals surface area (Å²) in [5.41, 5.74) is 0.666. The van der Waals surface area contributed by atoms with E-state index in [4.69, 9.17) is 0 Å². The average molecular weight is 326 g/mol. The molecule has 0 bridgehead atoms. The Bertz CT molecular complexity index is 455. The molecule has 0 aromatic heterocycles. The van der Waals surface area contributed by atoms with Crippen molar-refractivity contribution in [2.45, 2.75) is 32.2 Å². The van der Waals surface area contributed by atoms with Gasteiger partial charge in [0.05, 0.1) is 5.41 Å². The van der Waals surface area contributed by atoms with Crippen LogP contribution < -0.4 is 0 Å². The number of halogens is 1. The van der Waals surface area contributed by atoms with Crippen molar-refractivity contribution in [2.75, 3.05) is 13.6 Å². The molecule has 0 radical (unpaired) electrons. The van der Waals surface area contributed by atoms with Crippen LogP contribution in [-0.2, 0) is 11.3 Å². The molecule has 3 nitrogen and oxygen atoms in total. The van der Waals surface area contributed by atoms with Crippen LogP contribution >= 0.6 is 15.9 Å². The summed E-state index contributed by atoms with van der Waals surface area (Å²) in [6, 6.07) is 8.09. The van der Waals surface area contributed by atoms with E-state index in [9.17, 15) is 9.90 Å². The van der Waals surface area contributed by atoms with E-state index in [0.717, 1.165) is 36.7 Å². The Morgan fingerprint density at radius 1 is 1.37 bits per heavy atom. The maximum atomic E-state index is 11.5. The lowest BCUT2D eigenvalue weighted by Gasteiger charge is -2.29. The van der Waals surface area contributed by atoms with E-state index in [1.54, 1.807) is 0 Å². The van der Waals surface area contributed by atoms with Gasteiger partial charge >= 0.3 is 5.97 Å². The Labute approximate surface area is 122 Å². The monoisotopic (exact) mass is 325 g/mol. The Morgan fingerprint density at radius 2 is 2.00 bits per heavy atom. The average Bonchev–Trinajstić information content (AvgIpc) is 2.82. The molecule has 0 unspecified atom stereocenters. The molecule has 0 amide bonds. The van der Waals surface area contributed by atoms with E-state index in [1.165, 1.54) is 5.56 Å². The number of hydrogen-bond donors (Lipinski definition) is 1. The van der Waals surface area contributed by atoms with E-state index in [0.29, 0.717) is 6.54 Å². The molecular formula is C15H20BrNO2. The number of aliphatic carboxylic acids is 1. The summed E-state index contributed by atoms with van der Waals surface area (Å²) in [5, 5.41) is 9.50. The van der Waals surface area contributed by atoms with Gasteiger partial charge in [-0.25, -0.2) is 0 Å². The summed E-state index contributed by atoms with van der Waals surface area (Å²) in [5.74, 6) is -0.635. The maximum absolute atomic E-state index is 11.5. The van der Waals surface area contributed by atoms with Crippen molar-refractivity contribution < 1.29 is 9.90 Å². The maximum Gasteiger partial charge on any atom is 0.310 e. The summed E-state index contributed by atoms with van der Waals surface area (Å²) in [6.45, 7) is 1.40. The summed E-state index contributed by atoms with van der Waals surface area (Å²) >= 11 is 3.54. The Morgan fingerprint density at radius 3 is 2.58 bits per heavy atom. The molecule has 0 heterocycles. The zero-order valence-corrected chi connectivity index (χ0v) is 12.8. The normalized spacial score (nSPS) is 17.8. The molecule has 1 N–H and O–H groups in total. The molecule has 1 aromatic rings. The van der Waals surface area contributed by atoms with Crippen molar-refractivity contribution in [3.8, 4) is 0 Å². The lowest BCUT2D eigenvalue weighted by molar-refractivity contribution is -0.149. The molecule has 4 heteroatoms. The zero-order valence-electron chi connectivity index (χ0n) is 11.2. The molecule has 0 aliphatic heterocycles. The van der Waals surface area contributed by atoms with Gasteiger partial charge in [0.25, 0.3) is 0 Å². The highest BCUT2D eigenvalue weighted by Crippen LogP contribution is 2.39. The number of carboxylic acids is 1. The van der Waals surface area contributed by atoms with E-state index in [1.807, 2.05) is 25.2 Å². The van der Waals surface area contributed by atoms with Crippen LogP contribution in [0.15, 0.2) is 28.7 Å². The minimum atomic E-state index is -0.635. The highest BCUT2D eigenvalue weighted by atomic mass is 79.9. The van der Waals surface area contributed by atoms with E-state index in [2.05, 4.69) is 26.9 Å². The zero-order chi connectivity index (χ0) is 13.9. The highest BCUT2D eigenvalue weighted by Gasteiger charge is 2.41. The van der Waals surface area contributed by atoms with Gasteiger partial charge in [-0.05, 0) is 31.5 Å². The lowest BCUT2D eigenvalue weighted by Crippen LogP contribution is -2.39. The number of hydrogen-bond acceptors (Lipinski definition) is 2. The SMILES string of the molecule is CN(Cc1ccccc1Br)CC1(C(=O)O)CCCC1. The molecule has 1 saturated carbocycles. The molecule has 0 spiro atoms. The molecule has 1 fully saturated rings. The fraction of sp³-hybridized carbons (Fsp3) is 0.533. The van der Waals surface area contributed by atoms with Crippen molar-refractivity contribution in [1.82, 2.24) is 4.90 Å². The predicted molar refractivity (Wildman–Crippen MR) is 79.0 cm³/mol. The van der Waals surface area contributed by atoms with Crippen LogP contribution in [0.3, 0.4) is 0 Å². The van der Waals surface area contributed by atoms with Crippen LogP contribution in [0.4, 0.5) is 0 Å². The topological polar surface area (TPSA) is 40.5 Å². The molecule has 1 aliphatic carbocycles. The van der Waals surface area contributed by atoms with Gasteiger partial charge in [0.15, 0.2) is 0 Å². The van der Waals surface area contributed by atoms with Crippen LogP contribution in [0.2, 0.25) is 0 Å². The summed E-state index contributed by atoms with van der Waals surface area (Å²) < 4.78 is 1.08. The van der Waals surface area contributed by atoms with Crippen LogP contribution in [0, 0.1) is 5.41 Å². The lowest BCUT2D eigenvalue weighted by atomic mass is 9.85. The van der Waals surface area contributed by atoms with Crippen molar-refractivity contribution in [3.05, 3.63) is 34.3 Å². The third-order valence-electron chi connectivity index (χ3n) is 3.99. The molecular weight excluding hydrogens is 306 g/mol. The van der Waals surface area contributed by atoms with E-state index in [-0.39, 0.29) is 0 Å². The van der Waals surface area contributed by atoms with Crippen molar-refractivity contribution in [1.29, 1.82) is 0 Å². The Kier molecular flexibility index (Phi) is 4.63. The molecule has 1 aliphatic rings. The summed E-state index contributed by atoms with van der Waals surface area (Å²) in [7, 11) is 2.00. The fourth-order valence-electron chi connectivity index (χ4n) is 2.98. The second-order valence-electron chi connectivity index (χ2n) is 5.56. The van der Waals surface area contributed by atoms with Gasteiger partial charge in [-0.1, -0.05) is 47.0 Å². The van der Waals surface area contributed by atoms with E-state index < -0.39 is 11.4 Å². The number of carboxylic acid groups (broad SMARTS) is 1. The van der Waals surface area contributed by atoms with Gasteiger partial charge in [0.2, 0.25) is 0 Å². The molecule has 2 rings (SSSR count). The van der Waals surface area contributed by atoms with Gasteiger partial charge < -0.3 is 10.0 Å². The number of carbonyl (C=O) groups is 1. The minimum Gasteiger partial charge on any atom is -0.481 e. The third kappa shape index (κ3) is 3.37. The molecule has 19 heavy (non-hydrogen) atoms. The first-order valence-electron chi connectivity index (χ1n) is 6.69. The largest absolute Gasteiger partial charge is 0.481 e. The number of nitrogens with zero attached hydrogens (tertiary/aromatic N) is 1. The second kappa shape index (κ2) is 6.06. The van der Waals surface area contributed by atoms with Gasteiger partial charge in [-0.15, -0.1) is 0 Å². The predicted octanol–water partition coefficient (Wildman–Crippen LogP) is 3.53. The second-order valence-corrected chi connectivity index (χ2v) is 6.41. The smallest absolute Gasteiger partial charge is 0.310 e. The van der Waals surface area contributed by atoms with Crippen LogP contribution in [0.25, 0.3) is 0 Å². The minimum absolute atomic E-state index is 0.532. The Hall–Kier alpha value is -0.870. The van der Waals surface area contributed by atoms with E-state index >= 15 is 0 Å². The fourth-order valence-corrected chi connectivity index (χ4v) is 3.39. The van der Waals surface area contributed by atoms with Gasteiger partial charge in [0.1, 0.15) is 0 Å². The van der Waals surface area contributed by atoms with Crippen LogP contribution in [0.5, 0.6) is 0 Å². The van der Waals surface area contributed by atoms with Crippen LogP contribution in [-0.4, -0.2) is 29.6 Å². The first-order chi connectivity index (χ1) is 9.03. The number of benzene rings is 1. The molecule has 1 aromatic carbocycles. The van der Waals surface area contributed by atoms with Crippen molar-refractivity contribution in [3.63, 3.8) is 0 Å². The number of rotatable bonds is 5.